The number of pyridine rings is 1. The molecule has 0 aromatic carbocycles. The molecule has 0 aliphatic carbocycles. The highest BCUT2D eigenvalue weighted by Gasteiger charge is 2.16. The summed E-state index contributed by atoms with van der Waals surface area (Å²) in [7, 11) is 0. The van der Waals surface area contributed by atoms with E-state index >= 15 is 0 Å². The van der Waals surface area contributed by atoms with Gasteiger partial charge in [-0.3, -0.25) is 14.6 Å². The zero-order chi connectivity index (χ0) is 17.5. The van der Waals surface area contributed by atoms with Crippen LogP contribution in [0.2, 0.25) is 0 Å². The van der Waals surface area contributed by atoms with Crippen molar-refractivity contribution >= 4 is 11.6 Å². The Kier molecular flexibility index (Phi) is 6.29. The summed E-state index contributed by atoms with van der Waals surface area (Å²) in [5, 5.41) is 7.74. The van der Waals surface area contributed by atoms with Crippen LogP contribution in [0, 0.1) is 11.8 Å². The topological polar surface area (TPSA) is 72.8 Å². The molecular weight excluding hydrogens is 302 g/mol. The highest BCUT2D eigenvalue weighted by atomic mass is 16.1. The molecule has 126 valence electrons. The van der Waals surface area contributed by atoms with E-state index in [9.17, 15) is 9.59 Å². The van der Waals surface area contributed by atoms with Crippen molar-refractivity contribution < 1.29 is 9.59 Å². The second-order valence-corrected chi connectivity index (χ2v) is 6.38. The molecule has 0 aliphatic heterocycles. The molecule has 0 radical (unpaired) electrons. The first kappa shape index (κ1) is 17.9. The lowest BCUT2D eigenvalue weighted by Gasteiger charge is -2.11. The van der Waals surface area contributed by atoms with Crippen LogP contribution in [0.25, 0.3) is 0 Å². The van der Waals surface area contributed by atoms with Crippen LogP contribution in [0.15, 0.2) is 36.5 Å². The maximum atomic E-state index is 12.3. The molecule has 1 atom stereocenters. The van der Waals surface area contributed by atoms with E-state index in [0.29, 0.717) is 18.5 Å². The van der Waals surface area contributed by atoms with Gasteiger partial charge in [0.05, 0.1) is 12.1 Å². The molecule has 24 heavy (non-hydrogen) atoms. The molecule has 0 bridgehead atoms. The molecule has 0 spiro atoms. The number of carbonyl (C=O) groups is 2. The number of aromatic nitrogens is 3. The van der Waals surface area contributed by atoms with Crippen LogP contribution in [0.4, 0.5) is 0 Å². The normalized spacial score (nSPS) is 12.2. The third-order valence-electron chi connectivity index (χ3n) is 3.91. The van der Waals surface area contributed by atoms with Crippen molar-refractivity contribution in [1.82, 2.24) is 15.2 Å². The first-order chi connectivity index (χ1) is 11.5. The fourth-order valence-electron chi connectivity index (χ4n) is 2.33. The Morgan fingerprint density at radius 2 is 1.58 bits per heavy atom. The summed E-state index contributed by atoms with van der Waals surface area (Å²) in [4.78, 5) is 28.7. The van der Waals surface area contributed by atoms with Crippen LogP contribution in [0.5, 0.6) is 0 Å². The fourth-order valence-corrected chi connectivity index (χ4v) is 2.33. The maximum absolute atomic E-state index is 12.3. The standard InChI is InChI=1S/C19H23N3O2/c1-13(2)18(23)11-16-7-4-6-15(21-16)10-14(3)19(24)12-17-8-5-9-20-22-17/h4-9,13-14H,10-12H2,1-3H3. The van der Waals surface area contributed by atoms with Crippen LogP contribution in [-0.2, 0) is 28.9 Å². The first-order valence-electron chi connectivity index (χ1n) is 8.22. The zero-order valence-corrected chi connectivity index (χ0v) is 14.4. The van der Waals surface area contributed by atoms with E-state index in [1.54, 1.807) is 18.3 Å². The maximum Gasteiger partial charge on any atom is 0.142 e. The van der Waals surface area contributed by atoms with Gasteiger partial charge in [0.15, 0.2) is 0 Å². The van der Waals surface area contributed by atoms with E-state index in [1.807, 2.05) is 39.0 Å². The molecule has 2 rings (SSSR count). The van der Waals surface area contributed by atoms with E-state index in [4.69, 9.17) is 0 Å². The Bertz CT molecular complexity index is 699. The molecule has 0 fully saturated rings. The number of hydrogen-bond donors (Lipinski definition) is 0. The van der Waals surface area contributed by atoms with Crippen molar-refractivity contribution in [2.24, 2.45) is 11.8 Å². The summed E-state index contributed by atoms with van der Waals surface area (Å²) in [6.07, 6.45) is 2.77. The largest absolute Gasteiger partial charge is 0.299 e. The summed E-state index contributed by atoms with van der Waals surface area (Å²) >= 11 is 0. The molecule has 0 saturated heterocycles. The number of nitrogens with zero attached hydrogens (tertiary/aromatic N) is 3. The van der Waals surface area contributed by atoms with Crippen LogP contribution in [0.3, 0.4) is 0 Å². The molecule has 0 N–H and O–H groups in total. The van der Waals surface area contributed by atoms with E-state index in [2.05, 4.69) is 15.2 Å². The van der Waals surface area contributed by atoms with Crippen molar-refractivity contribution in [1.29, 1.82) is 0 Å². The third-order valence-corrected chi connectivity index (χ3v) is 3.91. The number of ketones is 2. The van der Waals surface area contributed by atoms with Gasteiger partial charge in [0.1, 0.15) is 11.6 Å². The quantitative estimate of drug-likeness (QED) is 0.746. The molecular formula is C19H23N3O2. The summed E-state index contributed by atoms with van der Waals surface area (Å²) in [6, 6.07) is 9.22. The molecule has 5 heteroatoms. The van der Waals surface area contributed by atoms with Gasteiger partial charge in [0.2, 0.25) is 0 Å². The molecule has 0 amide bonds. The lowest BCUT2D eigenvalue weighted by atomic mass is 9.96. The van der Waals surface area contributed by atoms with Gasteiger partial charge in [-0.1, -0.05) is 26.8 Å². The van der Waals surface area contributed by atoms with Gasteiger partial charge in [-0.05, 0) is 30.7 Å². The van der Waals surface area contributed by atoms with E-state index < -0.39 is 0 Å². The number of rotatable bonds is 8. The molecule has 2 aromatic rings. The fraction of sp³-hybridized carbons (Fsp3) is 0.421. The number of Topliss-reactive ketones (excluding diaryl/α,β-unsaturated/α-hetero) is 2. The highest BCUT2D eigenvalue weighted by Crippen LogP contribution is 2.12. The SMILES string of the molecule is CC(C)C(=O)Cc1cccc(CC(C)C(=O)Cc2cccnn2)n1. The molecule has 2 aromatic heterocycles. The van der Waals surface area contributed by atoms with Crippen LogP contribution < -0.4 is 0 Å². The minimum Gasteiger partial charge on any atom is -0.299 e. The third kappa shape index (κ3) is 5.33. The van der Waals surface area contributed by atoms with Crippen molar-refractivity contribution in [3.05, 3.63) is 53.6 Å². The van der Waals surface area contributed by atoms with Crippen molar-refractivity contribution in [2.75, 3.05) is 0 Å². The van der Waals surface area contributed by atoms with Crippen molar-refractivity contribution in [2.45, 2.75) is 40.0 Å². The average Bonchev–Trinajstić information content (AvgIpc) is 2.56. The summed E-state index contributed by atoms with van der Waals surface area (Å²) in [6.45, 7) is 5.67. The summed E-state index contributed by atoms with van der Waals surface area (Å²) in [5.41, 5.74) is 2.28. The second kappa shape index (κ2) is 8.43. The van der Waals surface area contributed by atoms with Crippen LogP contribution in [0.1, 0.15) is 37.9 Å². The van der Waals surface area contributed by atoms with Gasteiger partial charge in [-0.15, -0.1) is 0 Å². The Hall–Kier alpha value is -2.43. The average molecular weight is 325 g/mol. The van der Waals surface area contributed by atoms with Crippen molar-refractivity contribution in [3.63, 3.8) is 0 Å². The predicted octanol–water partition coefficient (Wildman–Crippen LogP) is 2.63. The van der Waals surface area contributed by atoms with Gasteiger partial charge in [-0.2, -0.15) is 10.2 Å². The van der Waals surface area contributed by atoms with Crippen LogP contribution in [-0.4, -0.2) is 26.7 Å². The molecule has 1 unspecified atom stereocenters. The van der Waals surface area contributed by atoms with Gasteiger partial charge >= 0.3 is 0 Å². The monoisotopic (exact) mass is 325 g/mol. The van der Waals surface area contributed by atoms with E-state index in [-0.39, 0.29) is 29.8 Å². The molecule has 0 aliphatic rings. The van der Waals surface area contributed by atoms with E-state index in [0.717, 1.165) is 11.4 Å². The minimum atomic E-state index is -0.157. The zero-order valence-electron chi connectivity index (χ0n) is 14.4. The van der Waals surface area contributed by atoms with Gasteiger partial charge < -0.3 is 0 Å². The number of carbonyl (C=O) groups excluding carboxylic acids is 2. The Labute approximate surface area is 142 Å². The first-order valence-corrected chi connectivity index (χ1v) is 8.22. The highest BCUT2D eigenvalue weighted by molar-refractivity contribution is 5.83. The Morgan fingerprint density at radius 3 is 2.25 bits per heavy atom. The second-order valence-electron chi connectivity index (χ2n) is 6.38. The lowest BCUT2D eigenvalue weighted by molar-refractivity contribution is -0.122. The summed E-state index contributed by atoms with van der Waals surface area (Å²) < 4.78 is 0. The Morgan fingerprint density at radius 1 is 0.917 bits per heavy atom. The van der Waals surface area contributed by atoms with Gasteiger partial charge in [0.25, 0.3) is 0 Å². The van der Waals surface area contributed by atoms with Crippen LogP contribution >= 0.6 is 0 Å². The van der Waals surface area contributed by atoms with Crippen molar-refractivity contribution in [3.8, 4) is 0 Å². The Balaban J connectivity index is 1.97. The smallest absolute Gasteiger partial charge is 0.142 e. The van der Waals surface area contributed by atoms with Gasteiger partial charge in [0, 0.05) is 35.8 Å². The van der Waals surface area contributed by atoms with E-state index in [1.165, 1.54) is 0 Å². The number of hydrogen-bond acceptors (Lipinski definition) is 5. The molecule has 2 heterocycles. The predicted molar refractivity (Wildman–Crippen MR) is 91.4 cm³/mol. The van der Waals surface area contributed by atoms with Gasteiger partial charge in [-0.25, -0.2) is 0 Å². The molecule has 5 nitrogen and oxygen atoms in total. The molecule has 0 saturated carbocycles. The minimum absolute atomic E-state index is 0.00272. The lowest BCUT2D eigenvalue weighted by Crippen LogP contribution is -2.18. The summed E-state index contributed by atoms with van der Waals surface area (Å²) in [5.74, 6) is 0.130.